The molecule has 2 nitrogen and oxygen atoms in total. The van der Waals surface area contributed by atoms with Crippen molar-refractivity contribution in [2.45, 2.75) is 36.5 Å². The second-order valence-corrected chi connectivity index (χ2v) is 6.36. The number of hydrogen-bond acceptors (Lipinski definition) is 3. The number of nitrogens with one attached hydrogen (secondary N) is 1. The van der Waals surface area contributed by atoms with E-state index in [-0.39, 0.29) is 0 Å². The van der Waals surface area contributed by atoms with Crippen LogP contribution in [0.3, 0.4) is 0 Å². The van der Waals surface area contributed by atoms with Crippen molar-refractivity contribution in [3.05, 3.63) is 29.8 Å². The topological polar surface area (TPSA) is 21.3 Å². The van der Waals surface area contributed by atoms with Crippen molar-refractivity contribution in [3.8, 4) is 0 Å². The van der Waals surface area contributed by atoms with Gasteiger partial charge in [0.15, 0.2) is 0 Å². The van der Waals surface area contributed by atoms with Crippen LogP contribution in [-0.4, -0.2) is 31.1 Å². The van der Waals surface area contributed by atoms with Crippen LogP contribution in [0.25, 0.3) is 0 Å². The maximum absolute atomic E-state index is 5.71. The molecule has 0 aliphatic carbocycles. The van der Waals surface area contributed by atoms with E-state index in [0.29, 0.717) is 11.4 Å². The number of hydrogen-bond donors (Lipinski definition) is 1. The monoisotopic (exact) mass is 251 g/mol. The number of rotatable bonds is 4. The molecule has 0 saturated carbocycles. The Bertz CT molecular complexity index is 331. The highest BCUT2D eigenvalue weighted by molar-refractivity contribution is 7.99. The van der Waals surface area contributed by atoms with Gasteiger partial charge in [-0.15, -0.1) is 11.8 Å². The second kappa shape index (κ2) is 6.43. The number of ether oxygens (including phenoxy) is 1. The van der Waals surface area contributed by atoms with E-state index in [1.165, 1.54) is 10.5 Å². The molecular formula is C14H21NOS. The molecule has 3 heteroatoms. The first-order valence-corrected chi connectivity index (χ1v) is 7.20. The first kappa shape index (κ1) is 12.9. The summed E-state index contributed by atoms with van der Waals surface area (Å²) in [4.78, 5) is 1.35. The summed E-state index contributed by atoms with van der Waals surface area (Å²) in [5.41, 5.74) is 1.37. The minimum atomic E-state index is 0.340. The summed E-state index contributed by atoms with van der Waals surface area (Å²) in [5, 5.41) is 4.01. The largest absolute Gasteiger partial charge is 0.375 e. The SMILES string of the molecule is CC(C)Sc1ccc(CC2CNCCO2)cc1. The van der Waals surface area contributed by atoms with Crippen molar-refractivity contribution in [2.75, 3.05) is 19.7 Å². The fourth-order valence-electron chi connectivity index (χ4n) is 1.99. The third kappa shape index (κ3) is 4.34. The Morgan fingerprint density at radius 3 is 2.71 bits per heavy atom. The van der Waals surface area contributed by atoms with Crippen LogP contribution in [0.5, 0.6) is 0 Å². The van der Waals surface area contributed by atoms with Crippen molar-refractivity contribution in [3.63, 3.8) is 0 Å². The highest BCUT2D eigenvalue weighted by Gasteiger charge is 2.13. The van der Waals surface area contributed by atoms with Crippen LogP contribution in [0.1, 0.15) is 19.4 Å². The molecule has 0 aromatic heterocycles. The molecule has 1 heterocycles. The Kier molecular flexibility index (Phi) is 4.89. The third-order valence-electron chi connectivity index (χ3n) is 2.76. The van der Waals surface area contributed by atoms with Crippen LogP contribution in [0.15, 0.2) is 29.2 Å². The standard InChI is InChI=1S/C14H21NOS/c1-11(2)17-14-5-3-12(4-6-14)9-13-10-15-7-8-16-13/h3-6,11,13,15H,7-10H2,1-2H3. The van der Waals surface area contributed by atoms with Crippen molar-refractivity contribution >= 4 is 11.8 Å². The zero-order valence-electron chi connectivity index (χ0n) is 10.6. The summed E-state index contributed by atoms with van der Waals surface area (Å²) in [6.45, 7) is 7.25. The van der Waals surface area contributed by atoms with E-state index in [4.69, 9.17) is 4.74 Å². The summed E-state index contributed by atoms with van der Waals surface area (Å²) in [6, 6.07) is 8.89. The highest BCUT2D eigenvalue weighted by atomic mass is 32.2. The Balaban J connectivity index is 1.88. The van der Waals surface area contributed by atoms with Gasteiger partial charge in [-0.05, 0) is 24.1 Å². The Morgan fingerprint density at radius 2 is 2.12 bits per heavy atom. The summed E-state index contributed by atoms with van der Waals surface area (Å²) in [7, 11) is 0. The molecule has 1 N–H and O–H groups in total. The van der Waals surface area contributed by atoms with Gasteiger partial charge in [0.05, 0.1) is 12.7 Å². The normalized spacial score (nSPS) is 20.8. The van der Waals surface area contributed by atoms with Gasteiger partial charge < -0.3 is 10.1 Å². The van der Waals surface area contributed by atoms with Gasteiger partial charge >= 0.3 is 0 Å². The number of morpholine rings is 1. The molecule has 1 fully saturated rings. The number of benzene rings is 1. The molecule has 1 aliphatic heterocycles. The summed E-state index contributed by atoms with van der Waals surface area (Å²) in [6.07, 6.45) is 1.35. The zero-order chi connectivity index (χ0) is 12.1. The molecule has 1 aromatic rings. The summed E-state index contributed by atoms with van der Waals surface area (Å²) >= 11 is 1.91. The van der Waals surface area contributed by atoms with E-state index >= 15 is 0 Å². The Labute approximate surface area is 108 Å². The van der Waals surface area contributed by atoms with Gasteiger partial charge in [-0.1, -0.05) is 26.0 Å². The van der Waals surface area contributed by atoms with Crippen molar-refractivity contribution in [1.82, 2.24) is 5.32 Å². The molecule has 1 unspecified atom stereocenters. The summed E-state index contributed by atoms with van der Waals surface area (Å²) in [5.74, 6) is 0. The molecular weight excluding hydrogens is 230 g/mol. The maximum atomic E-state index is 5.71. The van der Waals surface area contributed by atoms with Gasteiger partial charge in [-0.3, -0.25) is 0 Å². The molecule has 0 radical (unpaired) electrons. The van der Waals surface area contributed by atoms with Gasteiger partial charge in [0.2, 0.25) is 0 Å². The Morgan fingerprint density at radius 1 is 1.35 bits per heavy atom. The molecule has 1 aliphatic rings. The number of thioether (sulfide) groups is 1. The van der Waals surface area contributed by atoms with Crippen LogP contribution in [0.4, 0.5) is 0 Å². The molecule has 0 spiro atoms. The second-order valence-electron chi connectivity index (χ2n) is 4.71. The predicted molar refractivity (Wildman–Crippen MR) is 73.7 cm³/mol. The van der Waals surface area contributed by atoms with E-state index in [0.717, 1.165) is 26.1 Å². The van der Waals surface area contributed by atoms with Gasteiger partial charge in [-0.25, -0.2) is 0 Å². The quantitative estimate of drug-likeness (QED) is 0.831. The lowest BCUT2D eigenvalue weighted by Crippen LogP contribution is -2.39. The molecule has 0 amide bonds. The average molecular weight is 251 g/mol. The first-order valence-electron chi connectivity index (χ1n) is 6.32. The lowest BCUT2D eigenvalue weighted by molar-refractivity contribution is 0.0292. The summed E-state index contributed by atoms with van der Waals surface area (Å²) < 4.78 is 5.71. The Hall–Kier alpha value is -0.510. The molecule has 1 aromatic carbocycles. The molecule has 2 rings (SSSR count). The zero-order valence-corrected chi connectivity index (χ0v) is 11.4. The van der Waals surface area contributed by atoms with Crippen LogP contribution in [0, 0.1) is 0 Å². The van der Waals surface area contributed by atoms with Crippen LogP contribution in [0.2, 0.25) is 0 Å². The fourth-order valence-corrected chi connectivity index (χ4v) is 2.83. The van der Waals surface area contributed by atoms with Gasteiger partial charge in [-0.2, -0.15) is 0 Å². The van der Waals surface area contributed by atoms with E-state index in [1.54, 1.807) is 0 Å². The van der Waals surface area contributed by atoms with E-state index in [1.807, 2.05) is 11.8 Å². The van der Waals surface area contributed by atoms with Gasteiger partial charge in [0, 0.05) is 23.2 Å². The smallest absolute Gasteiger partial charge is 0.0740 e. The lowest BCUT2D eigenvalue weighted by atomic mass is 10.1. The third-order valence-corrected chi connectivity index (χ3v) is 3.78. The van der Waals surface area contributed by atoms with E-state index in [9.17, 15) is 0 Å². The van der Waals surface area contributed by atoms with Crippen molar-refractivity contribution in [1.29, 1.82) is 0 Å². The first-order chi connectivity index (χ1) is 8.24. The van der Waals surface area contributed by atoms with Crippen molar-refractivity contribution < 1.29 is 4.74 Å². The predicted octanol–water partition coefficient (Wildman–Crippen LogP) is 2.72. The highest BCUT2D eigenvalue weighted by Crippen LogP contribution is 2.23. The maximum Gasteiger partial charge on any atom is 0.0740 e. The minimum absolute atomic E-state index is 0.340. The van der Waals surface area contributed by atoms with Gasteiger partial charge in [0.25, 0.3) is 0 Å². The molecule has 94 valence electrons. The van der Waals surface area contributed by atoms with Crippen LogP contribution in [-0.2, 0) is 11.2 Å². The average Bonchev–Trinajstić information content (AvgIpc) is 2.32. The molecule has 0 bridgehead atoms. The van der Waals surface area contributed by atoms with E-state index < -0.39 is 0 Å². The molecule has 1 atom stereocenters. The lowest BCUT2D eigenvalue weighted by Gasteiger charge is -2.23. The van der Waals surface area contributed by atoms with E-state index in [2.05, 4.69) is 43.4 Å². The van der Waals surface area contributed by atoms with Gasteiger partial charge in [0.1, 0.15) is 0 Å². The van der Waals surface area contributed by atoms with Crippen LogP contribution >= 0.6 is 11.8 Å². The van der Waals surface area contributed by atoms with Crippen LogP contribution < -0.4 is 5.32 Å². The van der Waals surface area contributed by atoms with Crippen molar-refractivity contribution in [2.24, 2.45) is 0 Å². The molecule has 1 saturated heterocycles. The fraction of sp³-hybridized carbons (Fsp3) is 0.571. The minimum Gasteiger partial charge on any atom is -0.375 e. The molecule has 17 heavy (non-hydrogen) atoms.